The Hall–Kier alpha value is -2.62. The number of aryl methyl sites for hydroxylation is 2. The number of nitrogens with zero attached hydrogens (tertiary/aromatic N) is 1. The summed E-state index contributed by atoms with van der Waals surface area (Å²) in [5.74, 6) is -0.369. The highest BCUT2D eigenvalue weighted by molar-refractivity contribution is 6.23. The van der Waals surface area contributed by atoms with Gasteiger partial charge in [-0.05, 0) is 49.2 Å². The lowest BCUT2D eigenvalue weighted by Gasteiger charge is -2.16. The van der Waals surface area contributed by atoms with E-state index >= 15 is 0 Å². The molecule has 2 aromatic rings. The van der Waals surface area contributed by atoms with Crippen molar-refractivity contribution in [3.05, 3.63) is 59.7 Å². The lowest BCUT2D eigenvalue weighted by Crippen LogP contribution is -2.34. The van der Waals surface area contributed by atoms with E-state index in [4.69, 9.17) is 0 Å². The van der Waals surface area contributed by atoms with Crippen LogP contribution in [-0.4, -0.2) is 17.9 Å². The van der Waals surface area contributed by atoms with Crippen LogP contribution in [0.15, 0.2) is 48.5 Å². The molecule has 4 nitrogen and oxygen atoms in total. The van der Waals surface area contributed by atoms with E-state index in [1.165, 1.54) is 10.5 Å². The Kier molecular flexibility index (Phi) is 3.67. The molecule has 4 heteroatoms. The zero-order valence-electron chi connectivity index (χ0n) is 12.7. The third kappa shape index (κ3) is 2.60. The predicted octanol–water partition coefficient (Wildman–Crippen LogP) is 3.05. The first-order valence-electron chi connectivity index (χ1n) is 7.32. The Morgan fingerprint density at radius 1 is 1.00 bits per heavy atom. The molecule has 0 aliphatic carbocycles. The molecule has 3 rings (SSSR count). The van der Waals surface area contributed by atoms with E-state index in [-0.39, 0.29) is 18.2 Å². The molecule has 112 valence electrons. The van der Waals surface area contributed by atoms with Gasteiger partial charge >= 0.3 is 0 Å². The van der Waals surface area contributed by atoms with E-state index in [1.807, 2.05) is 50.2 Å². The maximum absolute atomic E-state index is 12.5. The molecule has 0 spiro atoms. The van der Waals surface area contributed by atoms with Gasteiger partial charge in [-0.1, -0.05) is 24.3 Å². The number of hydrogen-bond acceptors (Lipinski definition) is 3. The summed E-state index contributed by atoms with van der Waals surface area (Å²) < 4.78 is 0. The van der Waals surface area contributed by atoms with Gasteiger partial charge in [0.1, 0.15) is 6.04 Å². The highest BCUT2D eigenvalue weighted by Crippen LogP contribution is 2.25. The first-order chi connectivity index (χ1) is 10.6. The van der Waals surface area contributed by atoms with Gasteiger partial charge in [-0.2, -0.15) is 0 Å². The van der Waals surface area contributed by atoms with Crippen LogP contribution in [0.1, 0.15) is 17.5 Å². The summed E-state index contributed by atoms with van der Waals surface area (Å²) >= 11 is 0. The van der Waals surface area contributed by atoms with Gasteiger partial charge in [-0.3, -0.25) is 9.59 Å². The highest BCUT2D eigenvalue weighted by atomic mass is 16.2. The predicted molar refractivity (Wildman–Crippen MR) is 86.9 cm³/mol. The molecule has 1 heterocycles. The molecule has 0 aromatic heterocycles. The number of imide groups is 1. The smallest absolute Gasteiger partial charge is 0.256 e. The molecular formula is C18H18N2O2. The SMILES string of the molecule is Cc1ccc(N[C@@H]2CC(=O)N(c3ccccc3)C2=O)cc1C. The largest absolute Gasteiger partial charge is 0.373 e. The number of hydrogen-bond donors (Lipinski definition) is 1. The molecule has 1 N–H and O–H groups in total. The van der Waals surface area contributed by atoms with Gasteiger partial charge in [-0.25, -0.2) is 4.90 Å². The normalized spacial score (nSPS) is 17.9. The van der Waals surface area contributed by atoms with Crippen LogP contribution in [0.2, 0.25) is 0 Å². The Morgan fingerprint density at radius 3 is 2.41 bits per heavy atom. The van der Waals surface area contributed by atoms with Crippen molar-refractivity contribution in [2.75, 3.05) is 10.2 Å². The van der Waals surface area contributed by atoms with E-state index in [0.717, 1.165) is 11.3 Å². The molecule has 1 saturated heterocycles. The minimum Gasteiger partial charge on any atom is -0.373 e. The van der Waals surface area contributed by atoms with Gasteiger partial charge in [0.2, 0.25) is 5.91 Å². The topological polar surface area (TPSA) is 49.4 Å². The summed E-state index contributed by atoms with van der Waals surface area (Å²) in [5, 5.41) is 3.18. The monoisotopic (exact) mass is 294 g/mol. The summed E-state index contributed by atoms with van der Waals surface area (Å²) in [6.07, 6.45) is 0.181. The molecule has 2 aromatic carbocycles. The van der Waals surface area contributed by atoms with Crippen molar-refractivity contribution >= 4 is 23.2 Å². The van der Waals surface area contributed by atoms with Gasteiger partial charge in [0, 0.05) is 5.69 Å². The third-order valence-electron chi connectivity index (χ3n) is 4.01. The molecule has 1 aliphatic rings. The Balaban J connectivity index is 1.80. The minimum atomic E-state index is -0.505. The van der Waals surface area contributed by atoms with Crippen LogP contribution in [0.25, 0.3) is 0 Å². The Labute approximate surface area is 129 Å². The van der Waals surface area contributed by atoms with E-state index in [2.05, 4.69) is 5.32 Å². The van der Waals surface area contributed by atoms with E-state index < -0.39 is 6.04 Å². The van der Waals surface area contributed by atoms with Crippen molar-refractivity contribution in [1.82, 2.24) is 0 Å². The summed E-state index contributed by atoms with van der Waals surface area (Å²) in [7, 11) is 0. The van der Waals surface area contributed by atoms with Crippen molar-refractivity contribution in [2.45, 2.75) is 26.3 Å². The van der Waals surface area contributed by atoms with Crippen LogP contribution in [0, 0.1) is 13.8 Å². The molecule has 0 radical (unpaired) electrons. The minimum absolute atomic E-state index is 0.169. The van der Waals surface area contributed by atoms with Crippen LogP contribution in [0.3, 0.4) is 0 Å². The Bertz CT molecular complexity index is 725. The molecule has 1 atom stereocenters. The number of nitrogens with one attached hydrogen (secondary N) is 1. The fourth-order valence-electron chi connectivity index (χ4n) is 2.63. The molecule has 2 amide bonds. The molecule has 0 unspecified atom stereocenters. The number of para-hydroxylation sites is 1. The van der Waals surface area contributed by atoms with Crippen LogP contribution in [0.5, 0.6) is 0 Å². The van der Waals surface area contributed by atoms with Crippen molar-refractivity contribution < 1.29 is 9.59 Å². The second-order valence-electron chi connectivity index (χ2n) is 5.60. The van der Waals surface area contributed by atoms with Crippen LogP contribution in [0.4, 0.5) is 11.4 Å². The Morgan fingerprint density at radius 2 is 1.73 bits per heavy atom. The average Bonchev–Trinajstić information content (AvgIpc) is 2.78. The first kappa shape index (κ1) is 14.3. The van der Waals surface area contributed by atoms with Gasteiger partial charge in [0.05, 0.1) is 12.1 Å². The summed E-state index contributed by atoms with van der Waals surface area (Å²) in [5.41, 5.74) is 3.85. The number of carbonyl (C=O) groups is 2. The van der Waals surface area contributed by atoms with E-state index in [9.17, 15) is 9.59 Å². The van der Waals surface area contributed by atoms with Gasteiger partial charge in [-0.15, -0.1) is 0 Å². The fraction of sp³-hybridized carbons (Fsp3) is 0.222. The number of carbonyl (C=O) groups excluding carboxylic acids is 2. The van der Waals surface area contributed by atoms with Gasteiger partial charge < -0.3 is 5.32 Å². The average molecular weight is 294 g/mol. The zero-order chi connectivity index (χ0) is 15.7. The van der Waals surface area contributed by atoms with Crippen molar-refractivity contribution in [1.29, 1.82) is 0 Å². The number of amides is 2. The third-order valence-corrected chi connectivity index (χ3v) is 4.01. The molecule has 0 bridgehead atoms. The van der Waals surface area contributed by atoms with Gasteiger partial charge in [0.25, 0.3) is 5.91 Å². The second-order valence-corrected chi connectivity index (χ2v) is 5.60. The molecule has 22 heavy (non-hydrogen) atoms. The van der Waals surface area contributed by atoms with Crippen molar-refractivity contribution in [2.24, 2.45) is 0 Å². The van der Waals surface area contributed by atoms with Crippen LogP contribution >= 0.6 is 0 Å². The quantitative estimate of drug-likeness (QED) is 0.885. The second kappa shape index (κ2) is 5.64. The number of benzene rings is 2. The molecule has 1 aliphatic heterocycles. The van der Waals surface area contributed by atoms with Gasteiger partial charge in [0.15, 0.2) is 0 Å². The van der Waals surface area contributed by atoms with Crippen molar-refractivity contribution in [3.63, 3.8) is 0 Å². The van der Waals surface area contributed by atoms with E-state index in [1.54, 1.807) is 12.1 Å². The standard InChI is InChI=1S/C18H18N2O2/c1-12-8-9-14(10-13(12)2)19-16-11-17(21)20(18(16)22)15-6-4-3-5-7-15/h3-10,16,19H,11H2,1-2H3/t16-/m1/s1. The first-order valence-corrected chi connectivity index (χ1v) is 7.32. The summed E-state index contributed by atoms with van der Waals surface area (Å²) in [4.78, 5) is 25.9. The highest BCUT2D eigenvalue weighted by Gasteiger charge is 2.39. The number of anilines is 2. The fourth-order valence-corrected chi connectivity index (χ4v) is 2.63. The maximum atomic E-state index is 12.5. The lowest BCUT2D eigenvalue weighted by molar-refractivity contribution is -0.121. The lowest BCUT2D eigenvalue weighted by atomic mass is 10.1. The van der Waals surface area contributed by atoms with Crippen LogP contribution in [-0.2, 0) is 9.59 Å². The maximum Gasteiger partial charge on any atom is 0.256 e. The molecule has 0 saturated carbocycles. The summed E-state index contributed by atoms with van der Waals surface area (Å²) in [6, 6.07) is 14.5. The van der Waals surface area contributed by atoms with Crippen molar-refractivity contribution in [3.8, 4) is 0 Å². The molecule has 1 fully saturated rings. The molecular weight excluding hydrogens is 276 g/mol. The zero-order valence-corrected chi connectivity index (χ0v) is 12.7. The summed E-state index contributed by atoms with van der Waals surface area (Å²) in [6.45, 7) is 4.07. The van der Waals surface area contributed by atoms with E-state index in [0.29, 0.717) is 5.69 Å². The number of rotatable bonds is 3. The van der Waals surface area contributed by atoms with Crippen LogP contribution < -0.4 is 10.2 Å².